The minimum atomic E-state index is -0.0851. The van der Waals surface area contributed by atoms with Crippen molar-refractivity contribution < 1.29 is 9.53 Å². The van der Waals surface area contributed by atoms with Crippen LogP contribution in [0.2, 0.25) is 0 Å². The summed E-state index contributed by atoms with van der Waals surface area (Å²) in [6.45, 7) is 5.23. The molecule has 142 valence electrons. The molecule has 1 fully saturated rings. The number of aryl methyl sites for hydroxylation is 2. The van der Waals surface area contributed by atoms with E-state index in [-0.39, 0.29) is 11.9 Å². The molecule has 0 aliphatic carbocycles. The van der Waals surface area contributed by atoms with Crippen LogP contribution in [0, 0.1) is 13.8 Å². The van der Waals surface area contributed by atoms with E-state index in [4.69, 9.17) is 9.72 Å². The Balaban J connectivity index is 1.55. The average molecular weight is 374 g/mol. The van der Waals surface area contributed by atoms with Crippen molar-refractivity contribution in [1.29, 1.82) is 0 Å². The predicted octanol–water partition coefficient (Wildman–Crippen LogP) is 3.34. The second kappa shape index (κ2) is 7.86. The van der Waals surface area contributed by atoms with E-state index in [9.17, 15) is 4.79 Å². The largest absolute Gasteiger partial charge is 0.379 e. The van der Waals surface area contributed by atoms with Gasteiger partial charge in [-0.1, -0.05) is 12.1 Å². The van der Waals surface area contributed by atoms with Crippen LogP contribution in [-0.2, 0) is 4.74 Å². The zero-order chi connectivity index (χ0) is 19.5. The van der Waals surface area contributed by atoms with Crippen molar-refractivity contribution in [3.05, 3.63) is 65.6 Å². The van der Waals surface area contributed by atoms with Gasteiger partial charge in [-0.3, -0.25) is 9.78 Å². The number of nitrogens with zero attached hydrogens (tertiary/aromatic N) is 3. The van der Waals surface area contributed by atoms with Crippen molar-refractivity contribution >= 4 is 5.91 Å². The van der Waals surface area contributed by atoms with Crippen LogP contribution in [0.5, 0.6) is 0 Å². The fourth-order valence-corrected chi connectivity index (χ4v) is 3.29. The Morgan fingerprint density at radius 1 is 1.07 bits per heavy atom. The summed E-state index contributed by atoms with van der Waals surface area (Å²) in [4.78, 5) is 25.9. The fraction of sp³-hybridized carbons (Fsp3) is 0.273. The van der Waals surface area contributed by atoms with Crippen molar-refractivity contribution in [2.75, 3.05) is 13.2 Å². The number of benzene rings is 1. The smallest absolute Gasteiger partial charge is 0.251 e. The van der Waals surface area contributed by atoms with Gasteiger partial charge < -0.3 is 10.1 Å². The first-order chi connectivity index (χ1) is 13.6. The Bertz CT molecular complexity index is 996. The molecule has 28 heavy (non-hydrogen) atoms. The van der Waals surface area contributed by atoms with Crippen LogP contribution in [0.3, 0.4) is 0 Å². The number of rotatable bonds is 4. The standard InChI is InChI=1S/C22H22N4O2/c1-14-3-8-19(15(2)24-14)20-9-11-23-21(26-20)16-4-6-17(7-5-16)22(27)25-18-10-12-28-13-18/h3-9,11,18H,10,12-13H2,1-2H3,(H,25,27). The van der Waals surface area contributed by atoms with E-state index in [1.165, 1.54) is 0 Å². The van der Waals surface area contributed by atoms with Crippen molar-refractivity contribution in [3.63, 3.8) is 0 Å². The van der Waals surface area contributed by atoms with E-state index in [1.54, 1.807) is 18.3 Å². The molecule has 1 saturated heterocycles. The summed E-state index contributed by atoms with van der Waals surface area (Å²) in [7, 11) is 0. The number of amides is 1. The molecule has 1 N–H and O–H groups in total. The van der Waals surface area contributed by atoms with Crippen molar-refractivity contribution in [2.45, 2.75) is 26.3 Å². The Morgan fingerprint density at radius 3 is 2.61 bits per heavy atom. The van der Waals surface area contributed by atoms with E-state index < -0.39 is 0 Å². The van der Waals surface area contributed by atoms with Crippen LogP contribution < -0.4 is 5.32 Å². The molecule has 1 aliphatic rings. The van der Waals surface area contributed by atoms with Crippen LogP contribution >= 0.6 is 0 Å². The molecule has 2 aromatic heterocycles. The van der Waals surface area contributed by atoms with Gasteiger partial charge >= 0.3 is 0 Å². The second-order valence-electron chi connectivity index (χ2n) is 6.96. The molecule has 0 saturated carbocycles. The molecular weight excluding hydrogens is 352 g/mol. The average Bonchev–Trinajstić information content (AvgIpc) is 3.21. The summed E-state index contributed by atoms with van der Waals surface area (Å²) in [5, 5.41) is 2.99. The van der Waals surface area contributed by atoms with Crippen molar-refractivity contribution in [3.8, 4) is 22.6 Å². The molecule has 1 amide bonds. The van der Waals surface area contributed by atoms with E-state index in [0.717, 1.165) is 34.6 Å². The number of aromatic nitrogens is 3. The van der Waals surface area contributed by atoms with Gasteiger partial charge in [0.1, 0.15) is 0 Å². The normalized spacial score (nSPS) is 16.1. The van der Waals surface area contributed by atoms with Gasteiger partial charge in [0.2, 0.25) is 0 Å². The van der Waals surface area contributed by atoms with Crippen molar-refractivity contribution in [2.24, 2.45) is 0 Å². The van der Waals surface area contributed by atoms with Gasteiger partial charge in [0.25, 0.3) is 5.91 Å². The molecule has 1 unspecified atom stereocenters. The van der Waals surface area contributed by atoms with Crippen LogP contribution in [0.15, 0.2) is 48.7 Å². The van der Waals surface area contributed by atoms with Gasteiger partial charge in [-0.15, -0.1) is 0 Å². The Hall–Kier alpha value is -3.12. The summed E-state index contributed by atoms with van der Waals surface area (Å²) >= 11 is 0. The first kappa shape index (κ1) is 18.3. The molecule has 1 aromatic carbocycles. The lowest BCUT2D eigenvalue weighted by Crippen LogP contribution is -2.34. The molecule has 3 heterocycles. The number of carbonyl (C=O) groups excluding carboxylic acids is 1. The number of hydrogen-bond donors (Lipinski definition) is 1. The Kier molecular flexibility index (Phi) is 5.12. The van der Waals surface area contributed by atoms with E-state index >= 15 is 0 Å². The molecule has 6 nitrogen and oxygen atoms in total. The van der Waals surface area contributed by atoms with Crippen molar-refractivity contribution in [1.82, 2.24) is 20.3 Å². The van der Waals surface area contributed by atoms with Gasteiger partial charge in [0, 0.05) is 40.9 Å². The lowest BCUT2D eigenvalue weighted by Gasteiger charge is -2.11. The third-order valence-corrected chi connectivity index (χ3v) is 4.83. The number of pyridine rings is 1. The lowest BCUT2D eigenvalue weighted by molar-refractivity contribution is 0.0930. The molecule has 0 spiro atoms. The third kappa shape index (κ3) is 3.92. The molecule has 1 atom stereocenters. The van der Waals surface area contributed by atoms with E-state index in [2.05, 4.69) is 15.3 Å². The Morgan fingerprint density at radius 2 is 1.89 bits per heavy atom. The van der Waals surface area contributed by atoms with Gasteiger partial charge in [-0.2, -0.15) is 0 Å². The third-order valence-electron chi connectivity index (χ3n) is 4.83. The molecule has 1 aliphatic heterocycles. The minimum Gasteiger partial charge on any atom is -0.379 e. The summed E-state index contributed by atoms with van der Waals surface area (Å²) in [5.74, 6) is 0.534. The highest BCUT2D eigenvalue weighted by Crippen LogP contribution is 2.23. The summed E-state index contributed by atoms with van der Waals surface area (Å²) in [5.41, 5.74) is 5.22. The lowest BCUT2D eigenvalue weighted by atomic mass is 10.1. The number of hydrogen-bond acceptors (Lipinski definition) is 5. The monoisotopic (exact) mass is 374 g/mol. The maximum Gasteiger partial charge on any atom is 0.251 e. The predicted molar refractivity (Wildman–Crippen MR) is 107 cm³/mol. The highest BCUT2D eigenvalue weighted by atomic mass is 16.5. The topological polar surface area (TPSA) is 77.0 Å². The summed E-state index contributed by atoms with van der Waals surface area (Å²) < 4.78 is 5.30. The minimum absolute atomic E-state index is 0.0851. The highest BCUT2D eigenvalue weighted by molar-refractivity contribution is 5.94. The molecule has 0 radical (unpaired) electrons. The first-order valence-electron chi connectivity index (χ1n) is 9.37. The highest BCUT2D eigenvalue weighted by Gasteiger charge is 2.18. The van der Waals surface area contributed by atoms with Gasteiger partial charge in [-0.25, -0.2) is 9.97 Å². The molecule has 3 aromatic rings. The molecule has 6 heteroatoms. The second-order valence-corrected chi connectivity index (χ2v) is 6.96. The van der Waals surface area contributed by atoms with Crippen LogP contribution in [-0.4, -0.2) is 40.1 Å². The number of nitrogens with one attached hydrogen (secondary N) is 1. The van der Waals surface area contributed by atoms with Gasteiger partial charge in [0.15, 0.2) is 5.82 Å². The van der Waals surface area contributed by atoms with Crippen LogP contribution in [0.4, 0.5) is 0 Å². The quantitative estimate of drug-likeness (QED) is 0.758. The number of carbonyl (C=O) groups is 1. The SMILES string of the molecule is Cc1ccc(-c2ccnc(-c3ccc(C(=O)NC4CCOC4)cc3)n2)c(C)n1. The van der Waals surface area contributed by atoms with E-state index in [0.29, 0.717) is 24.6 Å². The van der Waals surface area contributed by atoms with Crippen LogP contribution in [0.1, 0.15) is 28.2 Å². The maximum absolute atomic E-state index is 12.3. The van der Waals surface area contributed by atoms with Gasteiger partial charge in [-0.05, 0) is 50.6 Å². The maximum atomic E-state index is 12.3. The van der Waals surface area contributed by atoms with E-state index in [1.807, 2.05) is 44.2 Å². The van der Waals surface area contributed by atoms with Gasteiger partial charge in [0.05, 0.1) is 18.3 Å². The fourth-order valence-electron chi connectivity index (χ4n) is 3.29. The summed E-state index contributed by atoms with van der Waals surface area (Å²) in [6, 6.07) is 13.3. The Labute approximate surface area is 164 Å². The molecule has 0 bridgehead atoms. The molecule has 4 rings (SSSR count). The molecular formula is C22H22N4O2. The van der Waals surface area contributed by atoms with Crippen LogP contribution in [0.25, 0.3) is 22.6 Å². The zero-order valence-corrected chi connectivity index (χ0v) is 16.0. The number of ether oxygens (including phenoxy) is 1. The zero-order valence-electron chi connectivity index (χ0n) is 16.0. The summed E-state index contributed by atoms with van der Waals surface area (Å²) in [6.07, 6.45) is 2.61. The first-order valence-corrected chi connectivity index (χ1v) is 9.37.